The Bertz CT molecular complexity index is 441. The van der Waals surface area contributed by atoms with Crippen molar-refractivity contribution in [2.24, 2.45) is 5.92 Å². The van der Waals surface area contributed by atoms with Gasteiger partial charge in [0.25, 0.3) is 0 Å². The molecular weight excluding hydrogens is 240 g/mol. The van der Waals surface area contributed by atoms with Crippen molar-refractivity contribution >= 4 is 17.4 Å². The molecule has 1 fully saturated rings. The molecule has 1 aromatic rings. The molecule has 1 aliphatic heterocycles. The average Bonchev–Trinajstić information content (AvgIpc) is 2.39. The molecule has 5 heteroatoms. The van der Waals surface area contributed by atoms with Crippen LogP contribution in [0.1, 0.15) is 26.7 Å². The summed E-state index contributed by atoms with van der Waals surface area (Å²) in [5.74, 6) is 2.71. The predicted molar refractivity (Wildman–Crippen MR) is 76.6 cm³/mol. The molecule has 2 heterocycles. The molecule has 0 spiro atoms. The van der Waals surface area contributed by atoms with Crippen LogP contribution in [0.2, 0.25) is 0 Å². The predicted octanol–water partition coefficient (Wildman–Crippen LogP) is 1.74. The molecule has 1 aliphatic rings. The zero-order valence-corrected chi connectivity index (χ0v) is 12.0. The van der Waals surface area contributed by atoms with Crippen LogP contribution in [-0.2, 0) is 4.79 Å². The fourth-order valence-corrected chi connectivity index (χ4v) is 2.37. The number of ketones is 1. The lowest BCUT2D eigenvalue weighted by Gasteiger charge is -2.31. The molecule has 0 aliphatic carbocycles. The third kappa shape index (κ3) is 3.66. The van der Waals surface area contributed by atoms with E-state index in [1.807, 2.05) is 18.0 Å². The maximum absolute atomic E-state index is 11.2. The first-order valence-corrected chi connectivity index (χ1v) is 6.84. The fraction of sp³-hybridized carbons (Fsp3) is 0.643. The van der Waals surface area contributed by atoms with Gasteiger partial charge >= 0.3 is 0 Å². The topological polar surface area (TPSA) is 49.3 Å². The first-order chi connectivity index (χ1) is 9.06. The van der Waals surface area contributed by atoms with Crippen LogP contribution in [0, 0.1) is 5.92 Å². The van der Waals surface area contributed by atoms with Crippen molar-refractivity contribution in [3.05, 3.63) is 12.4 Å². The highest BCUT2D eigenvalue weighted by Gasteiger charge is 2.17. The van der Waals surface area contributed by atoms with Crippen molar-refractivity contribution in [3.63, 3.8) is 0 Å². The fourth-order valence-electron chi connectivity index (χ4n) is 2.37. The van der Waals surface area contributed by atoms with Crippen LogP contribution in [0.15, 0.2) is 12.4 Å². The van der Waals surface area contributed by atoms with E-state index in [1.54, 1.807) is 13.3 Å². The normalized spacial score (nSPS) is 16.5. The molecule has 0 N–H and O–H groups in total. The summed E-state index contributed by atoms with van der Waals surface area (Å²) in [6, 6.07) is 1.97. The first-order valence-electron chi connectivity index (χ1n) is 6.84. The van der Waals surface area contributed by atoms with E-state index in [9.17, 15) is 4.79 Å². The minimum absolute atomic E-state index is 0.134. The maximum atomic E-state index is 11.2. The van der Waals surface area contributed by atoms with E-state index in [4.69, 9.17) is 0 Å². The second-order valence-corrected chi connectivity index (χ2v) is 5.46. The molecule has 2 rings (SSSR count). The number of carbonyl (C=O) groups excluding carboxylic acids is 1. The summed E-state index contributed by atoms with van der Waals surface area (Å²) in [4.78, 5) is 23.9. The van der Waals surface area contributed by atoms with Gasteiger partial charge in [0.1, 0.15) is 23.7 Å². The number of likely N-dealkylation sites (N-methyl/N-ethyl adjacent to an activating group) is 1. The number of hydrogen-bond donors (Lipinski definition) is 0. The minimum atomic E-state index is 0.134. The molecule has 5 nitrogen and oxygen atoms in total. The van der Waals surface area contributed by atoms with Crippen molar-refractivity contribution in [1.82, 2.24) is 9.97 Å². The van der Waals surface area contributed by atoms with E-state index >= 15 is 0 Å². The average molecular weight is 262 g/mol. The Morgan fingerprint density at radius 3 is 2.74 bits per heavy atom. The summed E-state index contributed by atoms with van der Waals surface area (Å²) in [6.07, 6.45) is 4.00. The molecule has 0 bridgehead atoms. The van der Waals surface area contributed by atoms with Crippen LogP contribution in [0.5, 0.6) is 0 Å². The molecule has 0 saturated carbocycles. The number of anilines is 2. The summed E-state index contributed by atoms with van der Waals surface area (Å²) in [5.41, 5.74) is 0. The molecule has 0 unspecified atom stereocenters. The Kier molecular flexibility index (Phi) is 4.35. The molecule has 104 valence electrons. The Hall–Kier alpha value is -1.65. The summed E-state index contributed by atoms with van der Waals surface area (Å²) < 4.78 is 0. The molecular formula is C14H22N4O. The molecule has 1 aromatic heterocycles. The van der Waals surface area contributed by atoms with Gasteiger partial charge in [0.05, 0.1) is 6.54 Å². The van der Waals surface area contributed by atoms with Gasteiger partial charge in [-0.25, -0.2) is 9.97 Å². The largest absolute Gasteiger partial charge is 0.356 e. The van der Waals surface area contributed by atoms with Crippen molar-refractivity contribution in [2.75, 3.05) is 36.5 Å². The Morgan fingerprint density at radius 2 is 2.11 bits per heavy atom. The van der Waals surface area contributed by atoms with Crippen LogP contribution < -0.4 is 9.80 Å². The van der Waals surface area contributed by atoms with Crippen molar-refractivity contribution in [2.45, 2.75) is 26.7 Å². The molecule has 0 radical (unpaired) electrons. The van der Waals surface area contributed by atoms with Gasteiger partial charge in [0.15, 0.2) is 0 Å². The third-order valence-corrected chi connectivity index (χ3v) is 3.60. The summed E-state index contributed by atoms with van der Waals surface area (Å²) >= 11 is 0. The van der Waals surface area contributed by atoms with Crippen molar-refractivity contribution in [1.29, 1.82) is 0 Å². The highest BCUT2D eigenvalue weighted by Crippen LogP contribution is 2.23. The van der Waals surface area contributed by atoms with Gasteiger partial charge in [0, 0.05) is 26.2 Å². The van der Waals surface area contributed by atoms with E-state index in [2.05, 4.69) is 21.8 Å². The maximum Gasteiger partial charge on any atom is 0.149 e. The van der Waals surface area contributed by atoms with E-state index in [-0.39, 0.29) is 5.78 Å². The van der Waals surface area contributed by atoms with Gasteiger partial charge in [-0.3, -0.25) is 4.79 Å². The highest BCUT2D eigenvalue weighted by molar-refractivity contribution is 5.80. The quantitative estimate of drug-likeness (QED) is 0.827. The van der Waals surface area contributed by atoms with Crippen LogP contribution in [0.25, 0.3) is 0 Å². The van der Waals surface area contributed by atoms with E-state index in [0.29, 0.717) is 6.54 Å². The van der Waals surface area contributed by atoms with Gasteiger partial charge in [-0.1, -0.05) is 6.92 Å². The number of nitrogens with zero attached hydrogens (tertiary/aromatic N) is 4. The second-order valence-electron chi connectivity index (χ2n) is 5.46. The standard InChI is InChI=1S/C14H22N4O/c1-11-4-6-18(7-5-11)14-8-13(15-10-16-14)17(3)9-12(2)19/h8,10-11H,4-7,9H2,1-3H3. The first kappa shape index (κ1) is 13.8. The van der Waals surface area contributed by atoms with Crippen LogP contribution >= 0.6 is 0 Å². The van der Waals surface area contributed by atoms with Gasteiger partial charge in [-0.15, -0.1) is 0 Å². The van der Waals surface area contributed by atoms with Crippen LogP contribution in [0.4, 0.5) is 11.6 Å². The lowest BCUT2D eigenvalue weighted by molar-refractivity contribution is -0.115. The SMILES string of the molecule is CC(=O)CN(C)c1cc(N2CCC(C)CC2)ncn1. The van der Waals surface area contributed by atoms with E-state index in [0.717, 1.165) is 30.6 Å². The Labute approximate surface area is 114 Å². The summed E-state index contributed by atoms with van der Waals surface area (Å²) in [6.45, 7) is 6.36. The van der Waals surface area contributed by atoms with Crippen molar-refractivity contribution in [3.8, 4) is 0 Å². The minimum Gasteiger partial charge on any atom is -0.356 e. The Morgan fingerprint density at radius 1 is 1.42 bits per heavy atom. The highest BCUT2D eigenvalue weighted by atomic mass is 16.1. The molecule has 0 aromatic carbocycles. The number of aromatic nitrogens is 2. The number of piperidine rings is 1. The second kappa shape index (κ2) is 5.99. The zero-order valence-electron chi connectivity index (χ0n) is 12.0. The lowest BCUT2D eigenvalue weighted by Crippen LogP contribution is -2.33. The Balaban J connectivity index is 2.08. The lowest BCUT2D eigenvalue weighted by atomic mass is 9.99. The third-order valence-electron chi connectivity index (χ3n) is 3.60. The molecule has 19 heavy (non-hydrogen) atoms. The van der Waals surface area contributed by atoms with Gasteiger partial charge in [-0.05, 0) is 25.7 Å². The smallest absolute Gasteiger partial charge is 0.149 e. The van der Waals surface area contributed by atoms with E-state index < -0.39 is 0 Å². The van der Waals surface area contributed by atoms with E-state index in [1.165, 1.54) is 12.8 Å². The number of rotatable bonds is 4. The van der Waals surface area contributed by atoms with Crippen LogP contribution in [-0.4, -0.2) is 42.4 Å². The summed E-state index contributed by atoms with van der Waals surface area (Å²) in [5, 5.41) is 0. The number of carbonyl (C=O) groups is 1. The molecule has 0 amide bonds. The monoisotopic (exact) mass is 262 g/mol. The van der Waals surface area contributed by atoms with Gasteiger partial charge < -0.3 is 9.80 Å². The number of Topliss-reactive ketones (excluding diaryl/α,β-unsaturated/α-hetero) is 1. The van der Waals surface area contributed by atoms with Crippen LogP contribution in [0.3, 0.4) is 0 Å². The van der Waals surface area contributed by atoms with Crippen molar-refractivity contribution < 1.29 is 4.79 Å². The molecule has 0 atom stereocenters. The molecule has 1 saturated heterocycles. The van der Waals surface area contributed by atoms with Gasteiger partial charge in [-0.2, -0.15) is 0 Å². The zero-order chi connectivity index (χ0) is 13.8. The number of hydrogen-bond acceptors (Lipinski definition) is 5. The summed E-state index contributed by atoms with van der Waals surface area (Å²) in [7, 11) is 1.88. The van der Waals surface area contributed by atoms with Gasteiger partial charge in [0.2, 0.25) is 0 Å².